The van der Waals surface area contributed by atoms with Gasteiger partial charge in [-0.2, -0.15) is 0 Å². The molecule has 0 spiro atoms. The van der Waals surface area contributed by atoms with Crippen LogP contribution < -0.4 is 4.74 Å². The Balaban J connectivity index is 1.83. The van der Waals surface area contributed by atoms with E-state index in [1.807, 2.05) is 0 Å². The summed E-state index contributed by atoms with van der Waals surface area (Å²) in [7, 11) is 1.18. The number of thioether (sulfide) groups is 1. The third-order valence-corrected chi connectivity index (χ3v) is 5.33. The van der Waals surface area contributed by atoms with Gasteiger partial charge in [0.05, 0.1) is 12.0 Å². The van der Waals surface area contributed by atoms with Gasteiger partial charge in [-0.05, 0) is 53.7 Å². The molecule has 2 amide bonds. The molecule has 0 unspecified atom stereocenters. The summed E-state index contributed by atoms with van der Waals surface area (Å²) in [5.74, 6) is -1.17. The number of halogens is 2. The largest absolute Gasteiger partial charge is 0.488 e. The Hall–Kier alpha value is -2.65. The SMILES string of the molecule is COC(=O)CN1C(=O)S/C(=C/c2cc(Br)ccc2OCc2cccc(F)c2)C1=O. The molecule has 0 saturated carbocycles. The summed E-state index contributed by atoms with van der Waals surface area (Å²) in [6.07, 6.45) is 1.52. The van der Waals surface area contributed by atoms with Crippen molar-refractivity contribution in [3.63, 3.8) is 0 Å². The summed E-state index contributed by atoms with van der Waals surface area (Å²) >= 11 is 4.10. The number of esters is 1. The Kier molecular flexibility index (Phi) is 6.71. The molecule has 0 N–H and O–H groups in total. The van der Waals surface area contributed by atoms with Crippen LogP contribution in [0.15, 0.2) is 51.8 Å². The lowest BCUT2D eigenvalue weighted by atomic mass is 10.1. The summed E-state index contributed by atoms with van der Waals surface area (Å²) in [5.41, 5.74) is 1.21. The highest BCUT2D eigenvalue weighted by atomic mass is 79.9. The maximum absolute atomic E-state index is 13.3. The molecule has 6 nitrogen and oxygen atoms in total. The van der Waals surface area contributed by atoms with Crippen LogP contribution in [0.2, 0.25) is 0 Å². The van der Waals surface area contributed by atoms with E-state index in [0.29, 0.717) is 16.9 Å². The van der Waals surface area contributed by atoms with Gasteiger partial charge in [-0.1, -0.05) is 28.1 Å². The number of hydrogen-bond acceptors (Lipinski definition) is 6. The number of methoxy groups -OCH3 is 1. The first-order chi connectivity index (χ1) is 13.9. The smallest absolute Gasteiger partial charge is 0.325 e. The zero-order valence-electron chi connectivity index (χ0n) is 15.2. The Labute approximate surface area is 178 Å². The fraction of sp³-hybridized carbons (Fsp3) is 0.150. The first kappa shape index (κ1) is 21.1. The molecule has 3 rings (SSSR count). The van der Waals surface area contributed by atoms with Crippen LogP contribution in [0.1, 0.15) is 11.1 Å². The van der Waals surface area contributed by atoms with Crippen molar-refractivity contribution >= 4 is 50.9 Å². The maximum atomic E-state index is 13.3. The predicted molar refractivity (Wildman–Crippen MR) is 110 cm³/mol. The third kappa shape index (κ3) is 5.24. The van der Waals surface area contributed by atoms with E-state index in [-0.39, 0.29) is 17.3 Å². The molecule has 0 aliphatic carbocycles. The molecule has 9 heteroatoms. The molecule has 150 valence electrons. The quantitative estimate of drug-likeness (QED) is 0.452. The maximum Gasteiger partial charge on any atom is 0.325 e. The molecule has 1 aliphatic rings. The van der Waals surface area contributed by atoms with Crippen LogP contribution in [0.3, 0.4) is 0 Å². The Bertz CT molecular complexity index is 1010. The van der Waals surface area contributed by atoms with Crippen LogP contribution in [0, 0.1) is 5.82 Å². The number of hydrogen-bond donors (Lipinski definition) is 0. The molecule has 2 aromatic carbocycles. The van der Waals surface area contributed by atoms with Gasteiger partial charge in [-0.25, -0.2) is 4.39 Å². The number of benzene rings is 2. The number of rotatable bonds is 6. The van der Waals surface area contributed by atoms with E-state index in [1.54, 1.807) is 30.3 Å². The Morgan fingerprint density at radius 2 is 2.03 bits per heavy atom. The summed E-state index contributed by atoms with van der Waals surface area (Å²) in [6.45, 7) is -0.316. The Morgan fingerprint density at radius 3 is 2.76 bits per heavy atom. The van der Waals surface area contributed by atoms with Gasteiger partial charge < -0.3 is 9.47 Å². The van der Waals surface area contributed by atoms with Crippen molar-refractivity contribution in [1.29, 1.82) is 0 Å². The second-order valence-corrected chi connectivity index (χ2v) is 7.85. The van der Waals surface area contributed by atoms with Gasteiger partial charge in [0.15, 0.2) is 0 Å². The molecule has 0 aromatic heterocycles. The second kappa shape index (κ2) is 9.23. The lowest BCUT2D eigenvalue weighted by Gasteiger charge is -2.11. The van der Waals surface area contributed by atoms with Crippen molar-refractivity contribution in [1.82, 2.24) is 4.90 Å². The molecule has 1 saturated heterocycles. The van der Waals surface area contributed by atoms with Crippen molar-refractivity contribution < 1.29 is 28.2 Å². The highest BCUT2D eigenvalue weighted by Gasteiger charge is 2.36. The van der Waals surface area contributed by atoms with Gasteiger partial charge >= 0.3 is 5.97 Å². The van der Waals surface area contributed by atoms with Gasteiger partial charge in [0, 0.05) is 10.0 Å². The number of amides is 2. The monoisotopic (exact) mass is 479 g/mol. The van der Waals surface area contributed by atoms with Crippen molar-refractivity contribution in [3.05, 3.63) is 68.8 Å². The van der Waals surface area contributed by atoms with Crippen LogP contribution in [0.5, 0.6) is 5.75 Å². The van der Waals surface area contributed by atoms with E-state index in [0.717, 1.165) is 21.1 Å². The van der Waals surface area contributed by atoms with Crippen LogP contribution >= 0.6 is 27.7 Å². The average molecular weight is 480 g/mol. The third-order valence-electron chi connectivity index (χ3n) is 3.93. The molecule has 1 fully saturated rings. The number of carbonyl (C=O) groups is 3. The van der Waals surface area contributed by atoms with Gasteiger partial charge in [0.1, 0.15) is 24.7 Å². The summed E-state index contributed by atoms with van der Waals surface area (Å²) in [4.78, 5) is 37.0. The molecule has 1 heterocycles. The average Bonchev–Trinajstić information content (AvgIpc) is 2.94. The van der Waals surface area contributed by atoms with Crippen molar-refractivity contribution in [2.24, 2.45) is 0 Å². The van der Waals surface area contributed by atoms with Crippen molar-refractivity contribution in [2.45, 2.75) is 6.61 Å². The van der Waals surface area contributed by atoms with Gasteiger partial charge in [-0.15, -0.1) is 0 Å². The minimum Gasteiger partial charge on any atom is -0.488 e. The van der Waals surface area contributed by atoms with E-state index in [1.165, 1.54) is 25.3 Å². The summed E-state index contributed by atoms with van der Waals surface area (Å²) in [6, 6.07) is 11.2. The lowest BCUT2D eigenvalue weighted by molar-refractivity contribution is -0.143. The van der Waals surface area contributed by atoms with Crippen LogP contribution in [-0.2, 0) is 20.9 Å². The number of nitrogens with zero attached hydrogens (tertiary/aromatic N) is 1. The fourth-order valence-corrected chi connectivity index (χ4v) is 3.73. The number of carbonyl (C=O) groups excluding carboxylic acids is 3. The normalized spacial score (nSPS) is 15.1. The van der Waals surface area contributed by atoms with Crippen molar-refractivity contribution in [2.75, 3.05) is 13.7 Å². The molecular formula is C20H15BrFNO5S. The molecule has 0 radical (unpaired) electrons. The van der Waals surface area contributed by atoms with E-state index >= 15 is 0 Å². The van der Waals surface area contributed by atoms with Crippen LogP contribution in [0.25, 0.3) is 6.08 Å². The molecule has 2 aromatic rings. The topological polar surface area (TPSA) is 72.9 Å². The van der Waals surface area contributed by atoms with E-state index < -0.39 is 23.7 Å². The van der Waals surface area contributed by atoms with Crippen molar-refractivity contribution in [3.8, 4) is 5.75 Å². The van der Waals surface area contributed by atoms with Crippen LogP contribution in [0.4, 0.5) is 9.18 Å². The zero-order chi connectivity index (χ0) is 21.0. The minimum absolute atomic E-state index is 0.129. The lowest BCUT2D eigenvalue weighted by Crippen LogP contribution is -2.34. The highest BCUT2D eigenvalue weighted by Crippen LogP contribution is 2.35. The molecule has 29 heavy (non-hydrogen) atoms. The van der Waals surface area contributed by atoms with Gasteiger partial charge in [0.2, 0.25) is 0 Å². The first-order valence-electron chi connectivity index (χ1n) is 8.36. The Morgan fingerprint density at radius 1 is 1.24 bits per heavy atom. The number of ether oxygens (including phenoxy) is 2. The standard InChI is InChI=1S/C20H15BrFNO5S/c1-27-18(24)10-23-19(25)17(29-20(23)26)9-13-8-14(21)5-6-16(13)28-11-12-3-2-4-15(22)7-12/h2-9H,10-11H2,1H3/b17-9+. The second-order valence-electron chi connectivity index (χ2n) is 5.94. The zero-order valence-corrected chi connectivity index (χ0v) is 17.6. The van der Waals surface area contributed by atoms with E-state index in [2.05, 4.69) is 20.7 Å². The van der Waals surface area contributed by atoms with E-state index in [9.17, 15) is 18.8 Å². The van der Waals surface area contributed by atoms with Crippen LogP contribution in [-0.4, -0.2) is 35.7 Å². The fourth-order valence-electron chi connectivity index (χ4n) is 2.52. The summed E-state index contributed by atoms with van der Waals surface area (Å²) < 4.78 is 24.4. The predicted octanol–water partition coefficient (Wildman–Crippen LogP) is 4.38. The molecule has 1 aliphatic heterocycles. The molecule has 0 atom stereocenters. The van der Waals surface area contributed by atoms with Gasteiger partial charge in [0.25, 0.3) is 11.1 Å². The van der Waals surface area contributed by atoms with E-state index in [4.69, 9.17) is 4.74 Å². The first-order valence-corrected chi connectivity index (χ1v) is 9.97. The molecule has 0 bridgehead atoms. The van der Waals surface area contributed by atoms with Gasteiger partial charge in [-0.3, -0.25) is 19.3 Å². The summed E-state index contributed by atoms with van der Waals surface area (Å²) in [5, 5.41) is -0.552. The highest BCUT2D eigenvalue weighted by molar-refractivity contribution is 9.10. The molecular weight excluding hydrogens is 465 g/mol. The minimum atomic E-state index is -0.685. The number of imide groups is 1.